The fourth-order valence-corrected chi connectivity index (χ4v) is 1.28. The van der Waals surface area contributed by atoms with E-state index in [1.54, 1.807) is 0 Å². The van der Waals surface area contributed by atoms with E-state index in [-0.39, 0.29) is 5.91 Å². The predicted molar refractivity (Wildman–Crippen MR) is 44.8 cm³/mol. The molecule has 1 rings (SSSR count). The number of hydrogen-bond donors (Lipinski definition) is 1. The number of nitrogens with two attached hydrogens (primary N) is 1. The normalized spacial score (nSPS) is 28.8. The number of allylic oxidation sites excluding steroid dienone is 3. The summed E-state index contributed by atoms with van der Waals surface area (Å²) in [6.07, 6.45) is 9.23. The zero-order valence-electron chi connectivity index (χ0n) is 6.71. The van der Waals surface area contributed by atoms with Crippen molar-refractivity contribution in [3.63, 3.8) is 0 Å². The molecule has 0 aromatic carbocycles. The molecule has 0 saturated heterocycles. The van der Waals surface area contributed by atoms with Crippen LogP contribution in [0.5, 0.6) is 0 Å². The summed E-state index contributed by atoms with van der Waals surface area (Å²) in [5.41, 5.74) is 4.88. The molecular formula is C9H13NO. The molecule has 0 aromatic heterocycles. The highest BCUT2D eigenvalue weighted by molar-refractivity contribution is 5.83. The highest BCUT2D eigenvalue weighted by Crippen LogP contribution is 2.30. The van der Waals surface area contributed by atoms with Crippen LogP contribution in [0.15, 0.2) is 24.3 Å². The molecule has 1 aliphatic rings. The first kappa shape index (κ1) is 8.05. The van der Waals surface area contributed by atoms with Gasteiger partial charge in [0.15, 0.2) is 0 Å². The molecule has 2 nitrogen and oxygen atoms in total. The molecule has 0 spiro atoms. The SMILES string of the molecule is CCC1(C(N)=O)C=CC=CC1. The average molecular weight is 151 g/mol. The smallest absolute Gasteiger partial charge is 0.227 e. The maximum Gasteiger partial charge on any atom is 0.227 e. The lowest BCUT2D eigenvalue weighted by Gasteiger charge is -2.25. The molecule has 0 aliphatic heterocycles. The molecule has 1 unspecified atom stereocenters. The minimum atomic E-state index is -0.408. The third-order valence-electron chi connectivity index (χ3n) is 2.27. The number of carbonyl (C=O) groups excluding carboxylic acids is 1. The summed E-state index contributed by atoms with van der Waals surface area (Å²) in [4.78, 5) is 11.0. The standard InChI is InChI=1S/C9H13NO/c1-2-9(8(10)11)6-4-3-5-7-9/h3-6H,2,7H2,1H3,(H2,10,11). The van der Waals surface area contributed by atoms with Crippen LogP contribution in [0.4, 0.5) is 0 Å². The van der Waals surface area contributed by atoms with E-state index in [4.69, 9.17) is 5.73 Å². The first-order chi connectivity index (χ1) is 5.21. The summed E-state index contributed by atoms with van der Waals surface area (Å²) < 4.78 is 0. The molecule has 1 amide bonds. The van der Waals surface area contributed by atoms with Gasteiger partial charge in [-0.25, -0.2) is 0 Å². The van der Waals surface area contributed by atoms with Gasteiger partial charge >= 0.3 is 0 Å². The van der Waals surface area contributed by atoms with Gasteiger partial charge in [0.05, 0.1) is 5.41 Å². The van der Waals surface area contributed by atoms with Gasteiger partial charge in [0.25, 0.3) is 0 Å². The van der Waals surface area contributed by atoms with Crippen molar-refractivity contribution in [3.8, 4) is 0 Å². The third-order valence-corrected chi connectivity index (χ3v) is 2.27. The number of rotatable bonds is 2. The molecular weight excluding hydrogens is 138 g/mol. The largest absolute Gasteiger partial charge is 0.369 e. The zero-order valence-corrected chi connectivity index (χ0v) is 6.71. The van der Waals surface area contributed by atoms with Crippen molar-refractivity contribution >= 4 is 5.91 Å². The fourth-order valence-electron chi connectivity index (χ4n) is 1.28. The Morgan fingerprint density at radius 3 is 2.64 bits per heavy atom. The Balaban J connectivity index is 2.85. The fraction of sp³-hybridized carbons (Fsp3) is 0.444. The number of primary amides is 1. The Morgan fingerprint density at radius 1 is 1.64 bits per heavy atom. The van der Waals surface area contributed by atoms with Gasteiger partial charge in [-0.15, -0.1) is 0 Å². The monoisotopic (exact) mass is 151 g/mol. The molecule has 0 radical (unpaired) electrons. The van der Waals surface area contributed by atoms with Gasteiger partial charge in [0.2, 0.25) is 5.91 Å². The van der Waals surface area contributed by atoms with E-state index in [2.05, 4.69) is 0 Å². The lowest BCUT2D eigenvalue weighted by atomic mass is 9.79. The molecule has 11 heavy (non-hydrogen) atoms. The molecule has 0 saturated carbocycles. The summed E-state index contributed by atoms with van der Waals surface area (Å²) >= 11 is 0. The van der Waals surface area contributed by atoms with Gasteiger partial charge in [-0.05, 0) is 12.8 Å². The van der Waals surface area contributed by atoms with Crippen LogP contribution >= 0.6 is 0 Å². The van der Waals surface area contributed by atoms with Crippen LogP contribution in [0.1, 0.15) is 19.8 Å². The lowest BCUT2D eigenvalue weighted by molar-refractivity contribution is -0.125. The van der Waals surface area contributed by atoms with Gasteiger partial charge in [0.1, 0.15) is 0 Å². The maximum absolute atomic E-state index is 11.0. The van der Waals surface area contributed by atoms with Crippen molar-refractivity contribution in [2.45, 2.75) is 19.8 Å². The minimum absolute atomic E-state index is 0.222. The molecule has 0 heterocycles. The van der Waals surface area contributed by atoms with E-state index in [9.17, 15) is 4.79 Å². The van der Waals surface area contributed by atoms with Crippen LogP contribution in [0.2, 0.25) is 0 Å². The summed E-state index contributed by atoms with van der Waals surface area (Å²) in [6, 6.07) is 0. The molecule has 60 valence electrons. The average Bonchev–Trinajstić information content (AvgIpc) is 2.05. The first-order valence-electron chi connectivity index (χ1n) is 3.85. The zero-order chi connectivity index (χ0) is 8.32. The van der Waals surface area contributed by atoms with Crippen molar-refractivity contribution in [3.05, 3.63) is 24.3 Å². The van der Waals surface area contributed by atoms with Gasteiger partial charge in [-0.3, -0.25) is 4.79 Å². The molecule has 0 bridgehead atoms. The van der Waals surface area contributed by atoms with Crippen molar-refractivity contribution in [2.75, 3.05) is 0 Å². The predicted octanol–water partition coefficient (Wildman–Crippen LogP) is 1.38. The van der Waals surface area contributed by atoms with E-state index in [1.165, 1.54) is 0 Å². The number of carbonyl (C=O) groups is 1. The topological polar surface area (TPSA) is 43.1 Å². The number of amides is 1. The Bertz CT molecular complexity index is 218. The van der Waals surface area contributed by atoms with E-state index in [0.717, 1.165) is 12.8 Å². The van der Waals surface area contributed by atoms with Crippen LogP contribution in [0.3, 0.4) is 0 Å². The van der Waals surface area contributed by atoms with Gasteiger partial charge < -0.3 is 5.73 Å². The molecule has 1 atom stereocenters. The van der Waals surface area contributed by atoms with Gasteiger partial charge in [-0.2, -0.15) is 0 Å². The second-order valence-electron chi connectivity index (χ2n) is 2.87. The summed E-state index contributed by atoms with van der Waals surface area (Å²) in [5.74, 6) is -0.222. The van der Waals surface area contributed by atoms with Crippen molar-refractivity contribution in [1.29, 1.82) is 0 Å². The Kier molecular flexibility index (Phi) is 2.13. The third kappa shape index (κ3) is 1.34. The van der Waals surface area contributed by atoms with Gasteiger partial charge in [0, 0.05) is 0 Å². The van der Waals surface area contributed by atoms with Crippen molar-refractivity contribution in [2.24, 2.45) is 11.1 Å². The first-order valence-corrected chi connectivity index (χ1v) is 3.85. The highest BCUT2D eigenvalue weighted by Gasteiger charge is 2.31. The quantitative estimate of drug-likeness (QED) is 0.636. The Morgan fingerprint density at radius 2 is 2.36 bits per heavy atom. The van der Waals surface area contributed by atoms with Crippen molar-refractivity contribution in [1.82, 2.24) is 0 Å². The highest BCUT2D eigenvalue weighted by atomic mass is 16.1. The maximum atomic E-state index is 11.0. The Labute approximate surface area is 66.8 Å². The molecule has 0 aromatic rings. The lowest BCUT2D eigenvalue weighted by Crippen LogP contribution is -2.35. The van der Waals surface area contributed by atoms with Gasteiger partial charge in [-0.1, -0.05) is 31.2 Å². The second-order valence-corrected chi connectivity index (χ2v) is 2.87. The van der Waals surface area contributed by atoms with Crippen LogP contribution in [-0.2, 0) is 4.79 Å². The van der Waals surface area contributed by atoms with Crippen LogP contribution < -0.4 is 5.73 Å². The molecule has 0 fully saturated rings. The summed E-state index contributed by atoms with van der Waals surface area (Å²) in [6.45, 7) is 1.98. The number of hydrogen-bond acceptors (Lipinski definition) is 1. The van der Waals surface area contributed by atoms with E-state index in [1.807, 2.05) is 31.2 Å². The molecule has 1 aliphatic carbocycles. The Hall–Kier alpha value is -1.05. The second kappa shape index (κ2) is 2.91. The summed E-state index contributed by atoms with van der Waals surface area (Å²) in [5, 5.41) is 0. The van der Waals surface area contributed by atoms with Crippen molar-refractivity contribution < 1.29 is 4.79 Å². The molecule has 2 heteroatoms. The van der Waals surface area contributed by atoms with E-state index in [0.29, 0.717) is 0 Å². The van der Waals surface area contributed by atoms with E-state index < -0.39 is 5.41 Å². The molecule has 2 N–H and O–H groups in total. The van der Waals surface area contributed by atoms with Crippen LogP contribution in [-0.4, -0.2) is 5.91 Å². The van der Waals surface area contributed by atoms with Crippen LogP contribution in [0, 0.1) is 5.41 Å². The van der Waals surface area contributed by atoms with E-state index >= 15 is 0 Å². The minimum Gasteiger partial charge on any atom is -0.369 e. The summed E-state index contributed by atoms with van der Waals surface area (Å²) in [7, 11) is 0. The van der Waals surface area contributed by atoms with Crippen LogP contribution in [0.25, 0.3) is 0 Å².